The van der Waals surface area contributed by atoms with Gasteiger partial charge in [-0.25, -0.2) is 0 Å². The van der Waals surface area contributed by atoms with Crippen LogP contribution in [0.15, 0.2) is 200 Å². The maximum Gasteiger partial charge on any atom is 0.256 e. The first-order chi connectivity index (χ1) is 28.7. The lowest BCUT2D eigenvalue weighted by Gasteiger charge is -2.34. The lowest BCUT2D eigenvalue weighted by Crippen LogP contribution is -2.58. The number of rotatable bonds is 5. The molecule has 0 aliphatic carbocycles. The fourth-order valence-electron chi connectivity index (χ4n) is 9.76. The minimum absolute atomic E-state index is 0.0283. The van der Waals surface area contributed by atoms with Crippen molar-refractivity contribution in [1.82, 2.24) is 4.57 Å². The summed E-state index contributed by atoms with van der Waals surface area (Å²) in [6, 6.07) is 73.2. The van der Waals surface area contributed by atoms with Gasteiger partial charge in [-0.2, -0.15) is 0 Å². The summed E-state index contributed by atoms with van der Waals surface area (Å²) in [5.74, 6) is 1.85. The van der Waals surface area contributed by atoms with Gasteiger partial charge in [0.25, 0.3) is 6.71 Å². The largest absolute Gasteiger partial charge is 0.458 e. The molecule has 270 valence electrons. The normalized spacial score (nSPS) is 12.3. The molecule has 3 heteroatoms. The van der Waals surface area contributed by atoms with E-state index in [1.54, 1.807) is 0 Å². The molecule has 0 amide bonds. The standard InChI is InChI=1S/C55H36BNO/c1-35-29-51-54-53(30-35)58-52-28-26-39(36-15-5-2-6-16-36)33-48(52)56(54)49-34-41(45-24-14-12-22-43(45)38-19-9-4-10-20-38)32-47-46-31-40(25-27-50(46)57(51)55(47)49)44-23-13-11-21-42(44)37-17-7-3-8-18-37/h2-34H,1H3. The maximum atomic E-state index is 6.91. The van der Waals surface area contributed by atoms with Crippen LogP contribution in [0.25, 0.3) is 83.1 Å². The highest BCUT2D eigenvalue weighted by atomic mass is 16.5. The van der Waals surface area contributed by atoms with Crippen molar-refractivity contribution in [2.24, 2.45) is 0 Å². The zero-order valence-electron chi connectivity index (χ0n) is 32.0. The summed E-state index contributed by atoms with van der Waals surface area (Å²) in [5, 5.41) is 2.49. The maximum absolute atomic E-state index is 6.91. The molecular weight excluding hydrogens is 701 g/mol. The van der Waals surface area contributed by atoms with Gasteiger partial charge in [0.05, 0.1) is 5.52 Å². The van der Waals surface area contributed by atoms with Crippen molar-refractivity contribution in [2.45, 2.75) is 6.92 Å². The summed E-state index contributed by atoms with van der Waals surface area (Å²) >= 11 is 0. The molecular formula is C55H36BNO. The fraction of sp³-hybridized carbons (Fsp3) is 0.0182. The van der Waals surface area contributed by atoms with Gasteiger partial charge in [0.1, 0.15) is 11.5 Å². The molecule has 0 saturated heterocycles. The molecule has 58 heavy (non-hydrogen) atoms. The van der Waals surface area contributed by atoms with E-state index in [0.29, 0.717) is 0 Å². The molecule has 2 nitrogen and oxygen atoms in total. The second-order valence-corrected chi connectivity index (χ2v) is 15.7. The minimum Gasteiger partial charge on any atom is -0.458 e. The van der Waals surface area contributed by atoms with Gasteiger partial charge in [0.2, 0.25) is 0 Å². The van der Waals surface area contributed by atoms with Gasteiger partial charge in [-0.1, -0.05) is 164 Å². The number of ether oxygens (including phenoxy) is 1. The number of fused-ring (bicyclic) bond motifs is 7. The molecule has 1 aromatic heterocycles. The van der Waals surface area contributed by atoms with Crippen LogP contribution in [0.4, 0.5) is 0 Å². The first kappa shape index (κ1) is 32.8. The molecule has 10 aromatic rings. The van der Waals surface area contributed by atoms with E-state index in [4.69, 9.17) is 4.74 Å². The van der Waals surface area contributed by atoms with Crippen LogP contribution in [0, 0.1) is 6.92 Å². The first-order valence-corrected chi connectivity index (χ1v) is 20.1. The number of nitrogens with zero attached hydrogens (tertiary/aromatic N) is 1. The summed E-state index contributed by atoms with van der Waals surface area (Å²) in [6.07, 6.45) is 0. The summed E-state index contributed by atoms with van der Waals surface area (Å²) in [4.78, 5) is 0. The van der Waals surface area contributed by atoms with E-state index in [0.717, 1.165) is 11.5 Å². The predicted molar refractivity (Wildman–Crippen MR) is 244 cm³/mol. The van der Waals surface area contributed by atoms with Gasteiger partial charge < -0.3 is 9.30 Å². The van der Waals surface area contributed by atoms with Crippen LogP contribution in [0.1, 0.15) is 5.56 Å². The zero-order chi connectivity index (χ0) is 38.3. The van der Waals surface area contributed by atoms with Crippen molar-refractivity contribution in [3.05, 3.63) is 206 Å². The van der Waals surface area contributed by atoms with E-state index in [1.807, 2.05) is 0 Å². The fourth-order valence-corrected chi connectivity index (χ4v) is 9.76. The third kappa shape index (κ3) is 5.00. The highest BCUT2D eigenvalue weighted by molar-refractivity contribution is 6.99. The Balaban J connectivity index is 1.19. The second kappa shape index (κ2) is 12.8. The van der Waals surface area contributed by atoms with Crippen LogP contribution in [0.2, 0.25) is 0 Å². The Morgan fingerprint density at radius 2 is 0.931 bits per heavy atom. The molecule has 2 aliphatic heterocycles. The molecule has 0 atom stereocenters. The zero-order valence-corrected chi connectivity index (χ0v) is 32.0. The van der Waals surface area contributed by atoms with E-state index >= 15 is 0 Å². The molecule has 0 bridgehead atoms. The molecule has 12 rings (SSSR count). The Morgan fingerprint density at radius 3 is 1.59 bits per heavy atom. The van der Waals surface area contributed by atoms with Crippen LogP contribution in [-0.4, -0.2) is 11.3 Å². The Kier molecular flexibility index (Phi) is 7.27. The number of hydrogen-bond acceptors (Lipinski definition) is 1. The average molecular weight is 738 g/mol. The minimum atomic E-state index is -0.0283. The van der Waals surface area contributed by atoms with Crippen LogP contribution in [-0.2, 0) is 0 Å². The number of benzene rings is 9. The topological polar surface area (TPSA) is 14.2 Å². The van der Waals surface area contributed by atoms with Gasteiger partial charge in [0.15, 0.2) is 0 Å². The number of hydrogen-bond donors (Lipinski definition) is 0. The highest BCUT2D eigenvalue weighted by Crippen LogP contribution is 2.43. The van der Waals surface area contributed by atoms with E-state index in [1.165, 1.54) is 105 Å². The third-order valence-corrected chi connectivity index (χ3v) is 12.3. The smallest absolute Gasteiger partial charge is 0.256 e. The van der Waals surface area contributed by atoms with Gasteiger partial charge in [-0.15, -0.1) is 0 Å². The van der Waals surface area contributed by atoms with Crippen molar-refractivity contribution < 1.29 is 4.74 Å². The molecule has 0 saturated carbocycles. The summed E-state index contributed by atoms with van der Waals surface area (Å²) in [6.45, 7) is 2.16. The van der Waals surface area contributed by atoms with Crippen LogP contribution >= 0.6 is 0 Å². The molecule has 9 aromatic carbocycles. The molecule has 3 heterocycles. The van der Waals surface area contributed by atoms with Gasteiger partial charge in [-0.05, 0) is 121 Å². The summed E-state index contributed by atoms with van der Waals surface area (Å²) in [5.41, 5.74) is 20.7. The third-order valence-electron chi connectivity index (χ3n) is 12.3. The molecule has 0 spiro atoms. The van der Waals surface area contributed by atoms with E-state index in [-0.39, 0.29) is 6.71 Å². The Hall–Kier alpha value is -7.36. The number of aryl methyl sites for hydroxylation is 1. The average Bonchev–Trinajstić information content (AvgIpc) is 3.62. The van der Waals surface area contributed by atoms with Gasteiger partial charge in [0, 0.05) is 22.0 Å². The van der Waals surface area contributed by atoms with E-state index in [9.17, 15) is 0 Å². The van der Waals surface area contributed by atoms with Crippen molar-refractivity contribution in [2.75, 3.05) is 0 Å². The van der Waals surface area contributed by atoms with Crippen LogP contribution in [0.3, 0.4) is 0 Å². The van der Waals surface area contributed by atoms with Gasteiger partial charge >= 0.3 is 0 Å². The van der Waals surface area contributed by atoms with Crippen molar-refractivity contribution >= 4 is 44.9 Å². The Bertz CT molecular complexity index is 3260. The van der Waals surface area contributed by atoms with Gasteiger partial charge in [-0.3, -0.25) is 0 Å². The molecule has 0 radical (unpaired) electrons. The molecule has 0 unspecified atom stereocenters. The van der Waals surface area contributed by atoms with E-state index in [2.05, 4.69) is 212 Å². The second-order valence-electron chi connectivity index (χ2n) is 15.7. The Labute approximate surface area is 338 Å². The Morgan fingerprint density at radius 1 is 0.397 bits per heavy atom. The van der Waals surface area contributed by atoms with E-state index < -0.39 is 0 Å². The quantitative estimate of drug-likeness (QED) is 0.160. The summed E-state index contributed by atoms with van der Waals surface area (Å²) < 4.78 is 9.43. The number of aromatic nitrogens is 1. The van der Waals surface area contributed by atoms with Crippen molar-refractivity contribution in [1.29, 1.82) is 0 Å². The summed E-state index contributed by atoms with van der Waals surface area (Å²) in [7, 11) is 0. The lowest BCUT2D eigenvalue weighted by molar-refractivity contribution is 0.487. The van der Waals surface area contributed by atoms with Crippen LogP contribution in [0.5, 0.6) is 11.5 Å². The monoisotopic (exact) mass is 737 g/mol. The molecule has 0 fully saturated rings. The predicted octanol–water partition coefficient (Wildman–Crippen LogP) is 12.4. The molecule has 0 N–H and O–H groups in total. The first-order valence-electron chi connectivity index (χ1n) is 20.1. The highest BCUT2D eigenvalue weighted by Gasteiger charge is 2.41. The SMILES string of the molecule is Cc1cc2c3c(c1)-n1c4ccc(-c5ccccc5-c5ccccc5)cc4c4cc(-c5ccccc5-c5ccccc5)cc(c41)B3c1cc(-c3ccccc3)ccc1O2. The lowest BCUT2D eigenvalue weighted by atomic mass is 9.34. The van der Waals surface area contributed by atoms with Crippen molar-refractivity contribution in [3.8, 4) is 72.8 Å². The van der Waals surface area contributed by atoms with Crippen molar-refractivity contribution in [3.63, 3.8) is 0 Å². The molecule has 2 aliphatic rings. The van der Waals surface area contributed by atoms with Crippen LogP contribution < -0.4 is 21.1 Å².